The zero-order valence-electron chi connectivity index (χ0n) is 14.5. The van der Waals surface area contributed by atoms with Crippen LogP contribution in [-0.2, 0) is 16.2 Å². The molecular weight excluding hydrogens is 644 g/mol. The lowest BCUT2D eigenvalue weighted by Crippen LogP contribution is -2.33. The van der Waals surface area contributed by atoms with Crippen LogP contribution in [0.1, 0.15) is 11.1 Å². The summed E-state index contributed by atoms with van der Waals surface area (Å²) >= 11 is 10.9. The molecule has 2 aromatic rings. The summed E-state index contributed by atoms with van der Waals surface area (Å²) in [6.07, 6.45) is 1.58. The molecule has 3 rings (SSSR count). The van der Waals surface area contributed by atoms with E-state index in [0.29, 0.717) is 11.6 Å². The Balaban J connectivity index is 1.77. The molecule has 1 heterocycles. The summed E-state index contributed by atoms with van der Waals surface area (Å²) in [5.74, 6) is -1.12. The molecule has 1 aliphatic heterocycles. The van der Waals surface area contributed by atoms with Gasteiger partial charge in [0.25, 0.3) is 11.1 Å². The lowest BCUT2D eigenvalue weighted by molar-refractivity contribution is -0.140. The van der Waals surface area contributed by atoms with E-state index in [-0.39, 0.29) is 4.91 Å². The van der Waals surface area contributed by atoms with E-state index >= 15 is 0 Å². The molecule has 29 heavy (non-hydrogen) atoms. The molecule has 10 heteroatoms. The number of aliphatic carboxylic acids is 1. The van der Waals surface area contributed by atoms with E-state index < -0.39 is 23.7 Å². The number of carbonyl (C=O) groups excluding carboxylic acids is 2. The van der Waals surface area contributed by atoms with E-state index in [4.69, 9.17) is 21.4 Å². The van der Waals surface area contributed by atoms with Gasteiger partial charge in [-0.2, -0.15) is 0 Å². The number of halogens is 3. The molecule has 0 bridgehead atoms. The fourth-order valence-electron chi connectivity index (χ4n) is 2.46. The second-order valence-electron chi connectivity index (χ2n) is 5.89. The minimum Gasteiger partial charge on any atom is -0.487 e. The summed E-state index contributed by atoms with van der Waals surface area (Å²) < 4.78 is 7.63. The van der Waals surface area contributed by atoms with E-state index in [2.05, 4.69) is 45.2 Å². The molecule has 150 valence electrons. The maximum Gasteiger partial charge on any atom is 0.323 e. The van der Waals surface area contributed by atoms with Gasteiger partial charge in [0.15, 0.2) is 0 Å². The van der Waals surface area contributed by atoms with Crippen LogP contribution < -0.4 is 4.74 Å². The van der Waals surface area contributed by atoms with Crippen LogP contribution in [0.15, 0.2) is 41.3 Å². The van der Waals surface area contributed by atoms with Gasteiger partial charge in [-0.3, -0.25) is 19.3 Å². The lowest BCUT2D eigenvalue weighted by atomic mass is 10.2. The van der Waals surface area contributed by atoms with Crippen molar-refractivity contribution in [1.82, 2.24) is 4.90 Å². The van der Waals surface area contributed by atoms with Crippen molar-refractivity contribution in [2.45, 2.75) is 6.61 Å². The number of carboxylic acids is 1. The third kappa shape index (κ3) is 5.64. The quantitative estimate of drug-likeness (QED) is 0.339. The van der Waals surface area contributed by atoms with Crippen LogP contribution >= 0.6 is 68.5 Å². The van der Waals surface area contributed by atoms with Crippen molar-refractivity contribution in [2.75, 3.05) is 6.54 Å². The van der Waals surface area contributed by atoms with Crippen LogP contribution in [0.3, 0.4) is 0 Å². The van der Waals surface area contributed by atoms with Crippen LogP contribution in [0.5, 0.6) is 5.75 Å². The number of rotatable bonds is 6. The molecule has 1 N–H and O–H groups in total. The summed E-state index contributed by atoms with van der Waals surface area (Å²) in [6.45, 7) is -0.259. The van der Waals surface area contributed by atoms with Gasteiger partial charge in [0.05, 0.1) is 12.0 Å². The maximum atomic E-state index is 12.3. The third-order valence-electron chi connectivity index (χ3n) is 3.78. The maximum absolute atomic E-state index is 12.3. The minimum absolute atomic E-state index is 0.192. The molecule has 2 amide bonds. The van der Waals surface area contributed by atoms with E-state index in [9.17, 15) is 14.4 Å². The van der Waals surface area contributed by atoms with Gasteiger partial charge in [0, 0.05) is 5.02 Å². The standard InChI is InChI=1S/C19H12ClI2NO5S/c20-12-3-1-10(2-4-12)9-28-17-13(21)5-11(6-14(17)22)7-15-18(26)23(8-16(24)25)19(27)29-15/h1-7H,8-9H2,(H,24,25)/b15-7+. The smallest absolute Gasteiger partial charge is 0.323 e. The first-order valence-corrected chi connectivity index (χ1v) is 11.4. The predicted octanol–water partition coefficient (Wildman–Crippen LogP) is 5.25. The number of thioether (sulfide) groups is 1. The number of ether oxygens (including phenoxy) is 1. The van der Waals surface area contributed by atoms with Crippen molar-refractivity contribution in [1.29, 1.82) is 0 Å². The Morgan fingerprint density at radius 1 is 1.17 bits per heavy atom. The number of imide groups is 1. The Morgan fingerprint density at radius 3 is 2.38 bits per heavy atom. The molecule has 0 spiro atoms. The van der Waals surface area contributed by atoms with Gasteiger partial charge in [0.1, 0.15) is 18.9 Å². The molecule has 0 atom stereocenters. The molecule has 0 unspecified atom stereocenters. The number of nitrogens with zero attached hydrogens (tertiary/aromatic N) is 1. The van der Waals surface area contributed by atoms with E-state index in [0.717, 1.165) is 40.7 Å². The monoisotopic (exact) mass is 655 g/mol. The van der Waals surface area contributed by atoms with Crippen LogP contribution in [-0.4, -0.2) is 33.7 Å². The van der Waals surface area contributed by atoms with Crippen molar-refractivity contribution in [3.05, 3.63) is 64.6 Å². The van der Waals surface area contributed by atoms with Crippen LogP contribution in [0.4, 0.5) is 4.79 Å². The van der Waals surface area contributed by atoms with Gasteiger partial charge < -0.3 is 9.84 Å². The number of carbonyl (C=O) groups is 3. The predicted molar refractivity (Wildman–Crippen MR) is 128 cm³/mol. The molecule has 1 aliphatic rings. The topological polar surface area (TPSA) is 83.9 Å². The van der Waals surface area contributed by atoms with Crippen LogP contribution in [0.25, 0.3) is 6.08 Å². The first-order chi connectivity index (χ1) is 13.7. The molecule has 6 nitrogen and oxygen atoms in total. The fourth-order valence-corrected chi connectivity index (χ4v) is 5.55. The molecule has 1 fully saturated rings. The number of carboxylic acid groups (broad SMARTS) is 1. The largest absolute Gasteiger partial charge is 0.487 e. The highest BCUT2D eigenvalue weighted by molar-refractivity contribution is 14.1. The summed E-state index contributed by atoms with van der Waals surface area (Å²) in [4.78, 5) is 35.9. The van der Waals surface area contributed by atoms with E-state index in [1.165, 1.54) is 0 Å². The first kappa shape index (κ1) is 22.4. The van der Waals surface area contributed by atoms with Crippen LogP contribution in [0, 0.1) is 7.14 Å². The normalized spacial score (nSPS) is 15.3. The van der Waals surface area contributed by atoms with Crippen molar-refractivity contribution >= 4 is 91.7 Å². The number of benzene rings is 2. The zero-order valence-corrected chi connectivity index (χ0v) is 20.4. The zero-order chi connectivity index (χ0) is 21.1. The van der Waals surface area contributed by atoms with E-state index in [1.54, 1.807) is 18.2 Å². The Kier molecular flexibility index (Phi) is 7.46. The van der Waals surface area contributed by atoms with Crippen LogP contribution in [0.2, 0.25) is 5.02 Å². The van der Waals surface area contributed by atoms with Crippen molar-refractivity contribution in [2.24, 2.45) is 0 Å². The van der Waals surface area contributed by atoms with Crippen molar-refractivity contribution in [3.63, 3.8) is 0 Å². The van der Waals surface area contributed by atoms with Gasteiger partial charge in [-0.25, -0.2) is 0 Å². The Morgan fingerprint density at radius 2 is 1.79 bits per heavy atom. The highest BCUT2D eigenvalue weighted by Crippen LogP contribution is 2.35. The Labute approximate surface area is 202 Å². The van der Waals surface area contributed by atoms with Crippen molar-refractivity contribution < 1.29 is 24.2 Å². The summed E-state index contributed by atoms with van der Waals surface area (Å²) in [6, 6.07) is 11.1. The SMILES string of the molecule is O=C(O)CN1C(=O)S/C(=C/c2cc(I)c(OCc3ccc(Cl)cc3)c(I)c2)C1=O. The minimum atomic E-state index is -1.24. The van der Waals surface area contributed by atoms with Crippen molar-refractivity contribution in [3.8, 4) is 5.75 Å². The molecule has 0 saturated carbocycles. The Hall–Kier alpha value is -1.31. The average Bonchev–Trinajstić information content (AvgIpc) is 2.89. The summed E-state index contributed by atoms with van der Waals surface area (Å²) in [5.41, 5.74) is 1.70. The van der Waals surface area contributed by atoms with Gasteiger partial charge >= 0.3 is 5.97 Å². The van der Waals surface area contributed by atoms with E-state index in [1.807, 2.05) is 24.3 Å². The molecule has 2 aromatic carbocycles. The molecule has 0 radical (unpaired) electrons. The lowest BCUT2D eigenvalue weighted by Gasteiger charge is -2.12. The molecule has 0 aliphatic carbocycles. The third-order valence-corrected chi connectivity index (χ3v) is 6.54. The van der Waals surface area contributed by atoms with Gasteiger partial charge in [-0.15, -0.1) is 0 Å². The number of amides is 2. The molecule has 1 saturated heterocycles. The number of hydrogen-bond acceptors (Lipinski definition) is 5. The summed E-state index contributed by atoms with van der Waals surface area (Å²) in [7, 11) is 0. The molecule has 0 aromatic heterocycles. The highest BCUT2D eigenvalue weighted by Gasteiger charge is 2.36. The highest BCUT2D eigenvalue weighted by atomic mass is 127. The van der Waals surface area contributed by atoms with Gasteiger partial charge in [-0.05, 0) is 98.4 Å². The average molecular weight is 656 g/mol. The molecular formula is C19H12ClI2NO5S. The summed E-state index contributed by atoms with van der Waals surface area (Å²) in [5, 5.41) is 8.91. The first-order valence-electron chi connectivity index (χ1n) is 8.08. The van der Waals surface area contributed by atoms with Gasteiger partial charge in [0.2, 0.25) is 0 Å². The number of hydrogen-bond donors (Lipinski definition) is 1. The second kappa shape index (κ2) is 9.67. The second-order valence-corrected chi connectivity index (χ2v) is 9.64. The fraction of sp³-hybridized carbons (Fsp3) is 0.105. The Bertz CT molecular complexity index is 1000. The van der Waals surface area contributed by atoms with Gasteiger partial charge in [-0.1, -0.05) is 23.7 Å².